The molecule has 4 heteroatoms. The second kappa shape index (κ2) is 4.09. The Labute approximate surface area is 75.9 Å². The van der Waals surface area contributed by atoms with Gasteiger partial charge in [0.25, 0.3) is 0 Å². The number of hydrogen-bond acceptors (Lipinski definition) is 3. The Morgan fingerprint density at radius 3 is 2.77 bits per heavy atom. The number of aromatic hydroxyl groups is 1. The SMILES string of the molecule is COc1cc(CCN)cc(F)c1O. The highest BCUT2D eigenvalue weighted by Gasteiger charge is 2.09. The van der Waals surface area contributed by atoms with Gasteiger partial charge in [-0.2, -0.15) is 0 Å². The van der Waals surface area contributed by atoms with Crippen molar-refractivity contribution in [3.8, 4) is 11.5 Å². The van der Waals surface area contributed by atoms with Gasteiger partial charge in [0.2, 0.25) is 0 Å². The zero-order valence-electron chi connectivity index (χ0n) is 7.38. The van der Waals surface area contributed by atoms with E-state index in [0.717, 1.165) is 5.56 Å². The van der Waals surface area contributed by atoms with E-state index < -0.39 is 11.6 Å². The largest absolute Gasteiger partial charge is 0.502 e. The number of halogens is 1. The zero-order valence-corrected chi connectivity index (χ0v) is 7.38. The zero-order chi connectivity index (χ0) is 9.84. The molecule has 0 saturated heterocycles. The summed E-state index contributed by atoms with van der Waals surface area (Å²) in [5.74, 6) is -0.991. The van der Waals surface area contributed by atoms with Crippen molar-refractivity contribution in [2.75, 3.05) is 13.7 Å². The van der Waals surface area contributed by atoms with Crippen LogP contribution < -0.4 is 10.5 Å². The van der Waals surface area contributed by atoms with Crippen molar-refractivity contribution in [1.29, 1.82) is 0 Å². The predicted molar refractivity (Wildman–Crippen MR) is 47.4 cm³/mol. The maximum Gasteiger partial charge on any atom is 0.194 e. The minimum absolute atomic E-state index is 0.142. The Hall–Kier alpha value is -1.29. The lowest BCUT2D eigenvalue weighted by atomic mass is 10.1. The molecule has 0 heterocycles. The highest BCUT2D eigenvalue weighted by molar-refractivity contribution is 5.43. The van der Waals surface area contributed by atoms with Crippen molar-refractivity contribution in [3.05, 3.63) is 23.5 Å². The van der Waals surface area contributed by atoms with Crippen molar-refractivity contribution < 1.29 is 14.2 Å². The van der Waals surface area contributed by atoms with Crippen LogP contribution in [0.3, 0.4) is 0 Å². The van der Waals surface area contributed by atoms with Gasteiger partial charge in [-0.3, -0.25) is 0 Å². The number of ether oxygens (including phenoxy) is 1. The summed E-state index contributed by atoms with van der Waals surface area (Å²) in [6.07, 6.45) is 0.563. The molecular formula is C9H12FNO2. The van der Waals surface area contributed by atoms with Gasteiger partial charge in [0.1, 0.15) is 0 Å². The van der Waals surface area contributed by atoms with Crippen LogP contribution in [0.4, 0.5) is 4.39 Å². The van der Waals surface area contributed by atoms with E-state index in [0.29, 0.717) is 13.0 Å². The molecule has 13 heavy (non-hydrogen) atoms. The molecule has 0 radical (unpaired) electrons. The van der Waals surface area contributed by atoms with Gasteiger partial charge >= 0.3 is 0 Å². The molecule has 0 aliphatic heterocycles. The summed E-state index contributed by atoms with van der Waals surface area (Å²) in [6, 6.07) is 2.83. The molecular weight excluding hydrogens is 173 g/mol. The van der Waals surface area contributed by atoms with Crippen LogP contribution in [0.15, 0.2) is 12.1 Å². The first-order chi connectivity index (χ1) is 6.19. The third-order valence-corrected chi connectivity index (χ3v) is 1.74. The van der Waals surface area contributed by atoms with Gasteiger partial charge in [-0.15, -0.1) is 0 Å². The van der Waals surface area contributed by atoms with Gasteiger partial charge < -0.3 is 15.6 Å². The summed E-state index contributed by atoms with van der Waals surface area (Å²) in [5.41, 5.74) is 6.03. The Balaban J connectivity index is 3.06. The van der Waals surface area contributed by atoms with Crippen LogP contribution in [0.25, 0.3) is 0 Å². The first-order valence-electron chi connectivity index (χ1n) is 3.94. The van der Waals surface area contributed by atoms with Gasteiger partial charge in [0, 0.05) is 0 Å². The van der Waals surface area contributed by atoms with Crippen molar-refractivity contribution in [1.82, 2.24) is 0 Å². The topological polar surface area (TPSA) is 55.5 Å². The van der Waals surface area contributed by atoms with Crippen molar-refractivity contribution in [3.63, 3.8) is 0 Å². The lowest BCUT2D eigenvalue weighted by molar-refractivity contribution is 0.356. The van der Waals surface area contributed by atoms with E-state index in [1.807, 2.05) is 0 Å². The summed E-state index contributed by atoms with van der Waals surface area (Å²) in [5, 5.41) is 9.16. The van der Waals surface area contributed by atoms with E-state index in [2.05, 4.69) is 0 Å². The third kappa shape index (κ3) is 2.09. The third-order valence-electron chi connectivity index (χ3n) is 1.74. The number of benzene rings is 1. The van der Waals surface area contributed by atoms with Gasteiger partial charge in [-0.05, 0) is 30.7 Å². The van der Waals surface area contributed by atoms with Crippen molar-refractivity contribution in [2.45, 2.75) is 6.42 Å². The normalized spacial score (nSPS) is 10.1. The quantitative estimate of drug-likeness (QED) is 0.739. The van der Waals surface area contributed by atoms with Crippen LogP contribution in [-0.4, -0.2) is 18.8 Å². The standard InChI is InChI=1S/C9H12FNO2/c1-13-8-5-6(2-3-11)4-7(10)9(8)12/h4-5,12H,2-3,11H2,1H3. The maximum atomic E-state index is 13.0. The first kappa shape index (κ1) is 9.80. The Morgan fingerprint density at radius 1 is 1.54 bits per heavy atom. The average molecular weight is 185 g/mol. The first-order valence-corrected chi connectivity index (χ1v) is 3.94. The molecule has 1 aromatic carbocycles. The maximum absolute atomic E-state index is 13.0. The lowest BCUT2D eigenvalue weighted by Crippen LogP contribution is -2.03. The van der Waals surface area contributed by atoms with Crippen molar-refractivity contribution >= 4 is 0 Å². The van der Waals surface area contributed by atoms with Crippen LogP contribution in [-0.2, 0) is 6.42 Å². The molecule has 0 aromatic heterocycles. The number of nitrogens with two attached hydrogens (primary N) is 1. The molecule has 72 valence electrons. The summed E-state index contributed by atoms with van der Waals surface area (Å²) in [6.45, 7) is 0.438. The molecule has 0 amide bonds. The van der Waals surface area contributed by atoms with Gasteiger partial charge in [0.15, 0.2) is 17.3 Å². The van der Waals surface area contributed by atoms with E-state index in [1.54, 1.807) is 6.07 Å². The van der Waals surface area contributed by atoms with E-state index in [9.17, 15) is 4.39 Å². The fourth-order valence-electron chi connectivity index (χ4n) is 1.09. The Kier molecular flexibility index (Phi) is 3.08. The summed E-state index contributed by atoms with van der Waals surface area (Å²) < 4.78 is 17.8. The van der Waals surface area contributed by atoms with Gasteiger partial charge in [-0.1, -0.05) is 0 Å². The van der Waals surface area contributed by atoms with Crippen molar-refractivity contribution in [2.24, 2.45) is 5.73 Å². The summed E-state index contributed by atoms with van der Waals surface area (Å²) in [7, 11) is 1.38. The molecule has 0 saturated carbocycles. The van der Waals surface area contributed by atoms with Crippen LogP contribution >= 0.6 is 0 Å². The molecule has 3 nitrogen and oxygen atoms in total. The summed E-state index contributed by atoms with van der Waals surface area (Å²) in [4.78, 5) is 0. The Bertz CT molecular complexity index is 302. The minimum Gasteiger partial charge on any atom is -0.502 e. The smallest absolute Gasteiger partial charge is 0.194 e. The van der Waals surface area contributed by atoms with Crippen LogP contribution in [0.2, 0.25) is 0 Å². The monoisotopic (exact) mass is 185 g/mol. The fourth-order valence-corrected chi connectivity index (χ4v) is 1.09. The van der Waals surface area contributed by atoms with E-state index in [4.69, 9.17) is 15.6 Å². The minimum atomic E-state index is -0.678. The predicted octanol–water partition coefficient (Wildman–Crippen LogP) is 1.04. The number of rotatable bonds is 3. The van der Waals surface area contributed by atoms with Gasteiger partial charge in [0.05, 0.1) is 7.11 Å². The summed E-state index contributed by atoms with van der Waals surface area (Å²) >= 11 is 0. The highest BCUT2D eigenvalue weighted by atomic mass is 19.1. The molecule has 0 aliphatic carbocycles. The molecule has 0 aliphatic rings. The van der Waals surface area contributed by atoms with Crippen LogP contribution in [0, 0.1) is 5.82 Å². The van der Waals surface area contributed by atoms with E-state index in [-0.39, 0.29) is 5.75 Å². The molecule has 0 fully saturated rings. The van der Waals surface area contributed by atoms with Crippen LogP contribution in [0.5, 0.6) is 11.5 Å². The van der Waals surface area contributed by atoms with Gasteiger partial charge in [-0.25, -0.2) is 4.39 Å². The molecule has 1 rings (SSSR count). The molecule has 1 aromatic rings. The second-order valence-electron chi connectivity index (χ2n) is 2.67. The fraction of sp³-hybridized carbons (Fsp3) is 0.333. The second-order valence-corrected chi connectivity index (χ2v) is 2.67. The Morgan fingerprint density at radius 2 is 2.23 bits per heavy atom. The number of phenols is 1. The average Bonchev–Trinajstić information content (AvgIpc) is 2.11. The molecule has 0 unspecified atom stereocenters. The van der Waals surface area contributed by atoms with E-state index >= 15 is 0 Å². The molecule has 3 N–H and O–H groups in total. The molecule has 0 atom stereocenters. The number of methoxy groups -OCH3 is 1. The lowest BCUT2D eigenvalue weighted by Gasteiger charge is -2.06. The van der Waals surface area contributed by atoms with E-state index in [1.165, 1.54) is 13.2 Å². The highest BCUT2D eigenvalue weighted by Crippen LogP contribution is 2.29. The molecule has 0 bridgehead atoms. The number of hydrogen-bond donors (Lipinski definition) is 2. The number of phenolic OH excluding ortho intramolecular Hbond substituents is 1. The van der Waals surface area contributed by atoms with Crippen LogP contribution in [0.1, 0.15) is 5.56 Å². The molecule has 0 spiro atoms.